The van der Waals surface area contributed by atoms with E-state index in [2.05, 4.69) is 58.0 Å². The zero-order valence-corrected chi connectivity index (χ0v) is 16.3. The van der Waals surface area contributed by atoms with Gasteiger partial charge < -0.3 is 10.1 Å². The molecule has 0 bridgehead atoms. The number of nitrogens with one attached hydrogen (secondary N) is 1. The van der Waals surface area contributed by atoms with Gasteiger partial charge in [0, 0.05) is 11.3 Å². The smallest absolute Gasteiger partial charge is 0.340 e. The fourth-order valence-electron chi connectivity index (χ4n) is 3.25. The minimum absolute atomic E-state index is 0.317. The van der Waals surface area contributed by atoms with Gasteiger partial charge in [0.25, 0.3) is 0 Å². The highest BCUT2D eigenvalue weighted by Crippen LogP contribution is 2.35. The van der Waals surface area contributed by atoms with Crippen LogP contribution in [0.4, 0.5) is 5.13 Å². The first-order valence-electron chi connectivity index (χ1n) is 8.77. The van der Waals surface area contributed by atoms with Gasteiger partial charge in [0.1, 0.15) is 0 Å². The van der Waals surface area contributed by atoms with Crippen molar-refractivity contribution in [1.29, 1.82) is 0 Å². The summed E-state index contributed by atoms with van der Waals surface area (Å²) in [5, 5.41) is 14.7. The van der Waals surface area contributed by atoms with Gasteiger partial charge in [-0.05, 0) is 22.4 Å². The average molecular weight is 406 g/mol. The first-order valence-corrected chi connectivity index (χ1v) is 10.6. The van der Waals surface area contributed by atoms with Crippen LogP contribution in [0.2, 0.25) is 0 Å². The second kappa shape index (κ2) is 7.26. The van der Waals surface area contributed by atoms with E-state index in [0.29, 0.717) is 10.7 Å². The highest BCUT2D eigenvalue weighted by atomic mass is 32.2. The van der Waals surface area contributed by atoms with Crippen LogP contribution >= 0.6 is 23.1 Å². The molecule has 1 atom stereocenters. The summed E-state index contributed by atoms with van der Waals surface area (Å²) in [6.45, 7) is 0. The lowest BCUT2D eigenvalue weighted by Crippen LogP contribution is -2.09. The maximum absolute atomic E-state index is 11.9. The second-order valence-electron chi connectivity index (χ2n) is 6.32. The highest BCUT2D eigenvalue weighted by Gasteiger charge is 2.31. The van der Waals surface area contributed by atoms with Crippen LogP contribution in [0.25, 0.3) is 10.8 Å². The number of carbonyl (C=O) groups excluding carboxylic acids is 1. The van der Waals surface area contributed by atoms with Gasteiger partial charge >= 0.3 is 5.97 Å². The van der Waals surface area contributed by atoms with Crippen molar-refractivity contribution in [3.8, 4) is 0 Å². The Hall–Kier alpha value is -2.90. The summed E-state index contributed by atoms with van der Waals surface area (Å²) in [4.78, 5) is 11.9. The van der Waals surface area contributed by atoms with Crippen molar-refractivity contribution in [2.24, 2.45) is 0 Å². The molecule has 138 valence electrons. The Morgan fingerprint density at radius 3 is 2.79 bits per heavy atom. The number of ether oxygens (including phenoxy) is 1. The first kappa shape index (κ1) is 17.2. The minimum atomic E-state index is -0.521. The third-order valence-electron chi connectivity index (χ3n) is 4.58. The molecule has 5 rings (SSSR count). The third-order valence-corrected chi connectivity index (χ3v) is 6.62. The van der Waals surface area contributed by atoms with Gasteiger partial charge in [0.2, 0.25) is 11.4 Å². The summed E-state index contributed by atoms with van der Waals surface area (Å²) in [7, 11) is 0. The van der Waals surface area contributed by atoms with Gasteiger partial charge in [-0.2, -0.15) is 0 Å². The number of fused-ring (bicyclic) bond motifs is 2. The lowest BCUT2D eigenvalue weighted by molar-refractivity contribution is 0.0437. The topological polar surface area (TPSA) is 64.1 Å². The number of anilines is 1. The Morgan fingerprint density at radius 2 is 1.82 bits per heavy atom. The number of cyclic esters (lactones) is 1. The Bertz CT molecular complexity index is 1170. The molecule has 1 N–H and O–H groups in total. The molecule has 0 aliphatic carbocycles. The largest absolute Gasteiger partial charge is 0.434 e. The maximum Gasteiger partial charge on any atom is 0.340 e. The van der Waals surface area contributed by atoms with Crippen molar-refractivity contribution >= 4 is 45.0 Å². The molecule has 1 aliphatic rings. The standard InChI is InChI=1S/C21H15N3O2S2/c25-19-17-11-4-3-10-16(17)18(26-19)22-20-23-24-21(28-20)27-12-14-8-5-7-13-6-1-2-9-15(13)14/h1-11,18H,12H2,(H,22,23). The van der Waals surface area contributed by atoms with Crippen LogP contribution in [-0.2, 0) is 10.5 Å². The maximum atomic E-state index is 11.9. The van der Waals surface area contributed by atoms with Gasteiger partial charge in [-0.15, -0.1) is 10.2 Å². The molecular weight excluding hydrogens is 390 g/mol. The first-order chi connectivity index (χ1) is 13.8. The molecule has 1 aromatic heterocycles. The number of nitrogens with zero attached hydrogens (tertiary/aromatic N) is 2. The van der Waals surface area contributed by atoms with E-state index in [1.54, 1.807) is 17.8 Å². The fraction of sp³-hybridized carbons (Fsp3) is 0.0952. The molecule has 2 heterocycles. The monoisotopic (exact) mass is 405 g/mol. The normalized spacial score (nSPS) is 15.4. The van der Waals surface area contributed by atoms with Crippen LogP contribution in [0.1, 0.15) is 27.7 Å². The van der Waals surface area contributed by atoms with Crippen LogP contribution in [0, 0.1) is 0 Å². The quantitative estimate of drug-likeness (QED) is 0.361. The molecule has 4 aromatic rings. The number of hydrogen-bond donors (Lipinski definition) is 1. The molecule has 0 saturated carbocycles. The van der Waals surface area contributed by atoms with E-state index in [4.69, 9.17) is 4.74 Å². The van der Waals surface area contributed by atoms with E-state index in [1.165, 1.54) is 27.7 Å². The van der Waals surface area contributed by atoms with Crippen LogP contribution in [0.3, 0.4) is 0 Å². The average Bonchev–Trinajstić information content (AvgIpc) is 3.31. The molecule has 1 aliphatic heterocycles. The van der Waals surface area contributed by atoms with E-state index in [0.717, 1.165) is 15.7 Å². The van der Waals surface area contributed by atoms with Crippen LogP contribution in [0.5, 0.6) is 0 Å². The Morgan fingerprint density at radius 1 is 1.00 bits per heavy atom. The van der Waals surface area contributed by atoms with Crippen LogP contribution in [-0.4, -0.2) is 16.2 Å². The molecule has 3 aromatic carbocycles. The summed E-state index contributed by atoms with van der Waals surface area (Å²) in [5.74, 6) is 0.500. The summed E-state index contributed by atoms with van der Waals surface area (Å²) >= 11 is 3.11. The molecule has 5 nitrogen and oxygen atoms in total. The van der Waals surface area contributed by atoms with E-state index < -0.39 is 6.23 Å². The van der Waals surface area contributed by atoms with Gasteiger partial charge in [-0.25, -0.2) is 4.79 Å². The number of rotatable bonds is 5. The lowest BCUT2D eigenvalue weighted by Gasteiger charge is -2.10. The Balaban J connectivity index is 1.29. The summed E-state index contributed by atoms with van der Waals surface area (Å²) in [5.41, 5.74) is 2.69. The molecule has 0 fully saturated rings. The van der Waals surface area contributed by atoms with Crippen LogP contribution < -0.4 is 5.32 Å². The van der Waals surface area contributed by atoms with Crippen molar-refractivity contribution in [2.45, 2.75) is 16.3 Å². The van der Waals surface area contributed by atoms with E-state index in [9.17, 15) is 4.79 Å². The zero-order chi connectivity index (χ0) is 18.9. The van der Waals surface area contributed by atoms with Gasteiger partial charge in [0.05, 0.1) is 5.56 Å². The summed E-state index contributed by atoms with van der Waals surface area (Å²) in [6, 6.07) is 22.1. The van der Waals surface area contributed by atoms with Gasteiger partial charge in [-0.3, -0.25) is 0 Å². The lowest BCUT2D eigenvalue weighted by atomic mass is 10.1. The molecular formula is C21H15N3O2S2. The second-order valence-corrected chi connectivity index (χ2v) is 8.52. The fourth-order valence-corrected chi connectivity index (χ4v) is 5.02. The van der Waals surface area contributed by atoms with E-state index in [1.807, 2.05) is 18.2 Å². The zero-order valence-electron chi connectivity index (χ0n) is 14.7. The number of esters is 1. The van der Waals surface area contributed by atoms with Crippen molar-refractivity contribution in [3.63, 3.8) is 0 Å². The Kier molecular flexibility index (Phi) is 4.46. The number of aromatic nitrogens is 2. The van der Waals surface area contributed by atoms with Crippen molar-refractivity contribution in [3.05, 3.63) is 83.4 Å². The third kappa shape index (κ3) is 3.23. The van der Waals surface area contributed by atoms with Crippen LogP contribution in [0.15, 0.2) is 71.1 Å². The number of hydrogen-bond acceptors (Lipinski definition) is 7. The van der Waals surface area contributed by atoms with Crippen molar-refractivity contribution < 1.29 is 9.53 Å². The minimum Gasteiger partial charge on any atom is -0.434 e. The molecule has 0 radical (unpaired) electrons. The highest BCUT2D eigenvalue weighted by molar-refractivity contribution is 8.00. The van der Waals surface area contributed by atoms with E-state index >= 15 is 0 Å². The van der Waals surface area contributed by atoms with Gasteiger partial charge in [0.15, 0.2) is 4.34 Å². The summed E-state index contributed by atoms with van der Waals surface area (Å²) < 4.78 is 6.27. The van der Waals surface area contributed by atoms with Gasteiger partial charge in [-0.1, -0.05) is 83.8 Å². The molecule has 7 heteroatoms. The molecule has 0 saturated heterocycles. The molecule has 0 spiro atoms. The molecule has 0 amide bonds. The predicted molar refractivity (Wildman–Crippen MR) is 112 cm³/mol. The van der Waals surface area contributed by atoms with Crippen molar-refractivity contribution in [1.82, 2.24) is 10.2 Å². The number of thioether (sulfide) groups is 1. The summed E-state index contributed by atoms with van der Waals surface area (Å²) in [6.07, 6.45) is -0.521. The Labute approximate surface area is 169 Å². The molecule has 1 unspecified atom stereocenters. The number of benzene rings is 3. The SMILES string of the molecule is O=C1OC(Nc2nnc(SCc3cccc4ccccc34)s2)c2ccccc21. The number of carbonyl (C=O) groups is 1. The predicted octanol–water partition coefficient (Wildman–Crippen LogP) is 5.26. The van der Waals surface area contributed by atoms with E-state index in [-0.39, 0.29) is 5.97 Å². The van der Waals surface area contributed by atoms with Crippen molar-refractivity contribution in [2.75, 3.05) is 5.32 Å². The molecule has 28 heavy (non-hydrogen) atoms.